The van der Waals surface area contributed by atoms with E-state index in [9.17, 15) is 38.9 Å². The van der Waals surface area contributed by atoms with Crippen molar-refractivity contribution in [2.75, 3.05) is 21.3 Å². The minimum absolute atomic E-state index is 0. The van der Waals surface area contributed by atoms with Gasteiger partial charge in [0.2, 0.25) is 0 Å². The molecule has 3 aromatic carbocycles. The Kier molecular flexibility index (Phi) is 10.4. The predicted molar refractivity (Wildman–Crippen MR) is 135 cm³/mol. The number of hydrogen-bond acceptors (Lipinski definition) is 9. The van der Waals surface area contributed by atoms with Crippen molar-refractivity contribution in [3.8, 4) is 17.2 Å². The summed E-state index contributed by atoms with van der Waals surface area (Å²) in [6.07, 6.45) is 0. The van der Waals surface area contributed by atoms with Crippen molar-refractivity contribution in [3.05, 3.63) is 54.6 Å². The Morgan fingerprint density at radius 3 is 0.974 bits per heavy atom. The fraction of sp³-hybridized carbons (Fsp3) is 0.143. The van der Waals surface area contributed by atoms with E-state index in [1.54, 1.807) is 0 Å². The summed E-state index contributed by atoms with van der Waals surface area (Å²) in [6, 6.07) is 11.3. The van der Waals surface area contributed by atoms with Crippen LogP contribution in [-0.4, -0.2) is 60.2 Å². The van der Waals surface area contributed by atoms with Crippen molar-refractivity contribution in [2.45, 2.75) is 14.7 Å². The molecule has 38 heavy (non-hydrogen) atoms. The summed E-state index contributed by atoms with van der Waals surface area (Å²) in [4.78, 5) is -1.85. The summed E-state index contributed by atoms with van der Waals surface area (Å²) in [6.45, 7) is 0. The van der Waals surface area contributed by atoms with Crippen LogP contribution in [0.5, 0.6) is 17.2 Å². The first kappa shape index (κ1) is 32.4. The van der Waals surface area contributed by atoms with Gasteiger partial charge in [-0.25, -0.2) is 0 Å². The van der Waals surface area contributed by atoms with Crippen LogP contribution in [0.2, 0.25) is 0 Å². The van der Waals surface area contributed by atoms with Gasteiger partial charge in [0.15, 0.2) is 0 Å². The van der Waals surface area contributed by atoms with Gasteiger partial charge in [-0.1, -0.05) is 36.4 Å². The largest absolute Gasteiger partial charge is 1.00 e. The predicted octanol–water partition coefficient (Wildman–Crippen LogP) is -1.67. The van der Waals surface area contributed by atoms with Crippen molar-refractivity contribution in [3.63, 3.8) is 0 Å². The van der Waals surface area contributed by atoms with Crippen LogP contribution < -0.4 is 59.7 Å². The average Bonchev–Trinajstić information content (AvgIpc) is 2.82. The zero-order valence-electron chi connectivity index (χ0n) is 21.4. The molecule has 202 valence electrons. The zero-order valence-corrected chi connectivity index (χ0v) is 25.7. The molecule has 0 spiro atoms. The first-order valence-electron chi connectivity index (χ1n) is 9.90. The van der Waals surface area contributed by atoms with E-state index < -0.39 is 53.0 Å². The van der Waals surface area contributed by atoms with Crippen LogP contribution >= 0.6 is 7.92 Å². The molecule has 0 heterocycles. The maximum Gasteiger partial charge on any atom is 1.00 e. The fourth-order valence-electron chi connectivity index (χ4n) is 3.66. The second-order valence-electron chi connectivity index (χ2n) is 7.19. The van der Waals surface area contributed by atoms with Crippen molar-refractivity contribution in [1.29, 1.82) is 0 Å². The summed E-state index contributed by atoms with van der Waals surface area (Å²) in [7, 11) is -13.2. The third kappa shape index (κ3) is 6.50. The number of ether oxygens (including phenoxy) is 3. The summed E-state index contributed by atoms with van der Waals surface area (Å²) < 4.78 is 118. The summed E-state index contributed by atoms with van der Waals surface area (Å²) in [5.41, 5.74) is 0. The Balaban J connectivity index is 0.00000380. The number of hydrogen-bond donors (Lipinski definition) is 3. The molecule has 0 saturated carbocycles. The first-order chi connectivity index (χ1) is 17.2. The van der Waals surface area contributed by atoms with Gasteiger partial charge in [-0.2, -0.15) is 25.3 Å². The normalized spacial score (nSPS) is 12.1. The molecular weight excluding hydrogens is 594 g/mol. The Morgan fingerprint density at radius 2 is 0.789 bits per heavy atom. The van der Waals surface area contributed by atoms with Gasteiger partial charge in [0.1, 0.15) is 31.9 Å². The van der Waals surface area contributed by atoms with E-state index in [-0.39, 0.29) is 64.1 Å². The van der Waals surface area contributed by atoms with Crippen LogP contribution in [0.3, 0.4) is 0 Å². The minimum Gasteiger partial charge on any atom is -1.00 e. The molecule has 0 unspecified atom stereocenters. The zero-order chi connectivity index (χ0) is 27.8. The Labute approximate surface area is 244 Å². The van der Waals surface area contributed by atoms with Crippen molar-refractivity contribution >= 4 is 54.2 Å². The molecule has 3 N–H and O–H groups in total. The SMILES string of the molecule is COc1c(P(c2cccc(S(=O)(=O)O)c2OC)c2cccc(S(=O)(=O)O)c2OC)cccc1S(=O)(=O)O.[H-].[Na+]. The van der Waals surface area contributed by atoms with Crippen molar-refractivity contribution in [2.24, 2.45) is 0 Å². The van der Waals surface area contributed by atoms with E-state index in [0.29, 0.717) is 0 Å². The third-order valence-electron chi connectivity index (χ3n) is 5.04. The van der Waals surface area contributed by atoms with E-state index in [1.165, 1.54) is 36.4 Å². The third-order valence-corrected chi connectivity index (χ3v) is 10.2. The van der Waals surface area contributed by atoms with Crippen LogP contribution in [-0.2, 0) is 30.4 Å². The standard InChI is InChI=1S/C21H21O12PS3.Na.H/c1-31-19-13(7-4-10-16(19)35(22,23)24)34(14-8-5-11-17(20(14)32-2)36(25,26)27)15-9-6-12-18(21(15)33-3)37(28,29)30;;/h4-12H,1-3H3,(H,22,23,24)(H,25,26,27)(H,28,29,30);;/q;+1;-1. The molecule has 0 aliphatic rings. The molecule has 0 atom stereocenters. The number of methoxy groups -OCH3 is 3. The molecule has 0 aromatic heterocycles. The van der Waals surface area contributed by atoms with Gasteiger partial charge in [0.25, 0.3) is 30.4 Å². The van der Waals surface area contributed by atoms with Gasteiger partial charge in [0, 0.05) is 15.9 Å². The van der Waals surface area contributed by atoms with E-state index in [0.717, 1.165) is 39.5 Å². The van der Waals surface area contributed by atoms with Crippen LogP contribution in [0.4, 0.5) is 0 Å². The second kappa shape index (κ2) is 12.2. The average molecular weight is 617 g/mol. The fourth-order valence-corrected chi connectivity index (χ4v) is 8.64. The quantitative estimate of drug-likeness (QED) is 0.141. The van der Waals surface area contributed by atoms with Gasteiger partial charge < -0.3 is 15.6 Å². The smallest absolute Gasteiger partial charge is 1.00 e. The molecule has 0 fully saturated rings. The molecule has 0 aliphatic heterocycles. The molecule has 0 amide bonds. The van der Waals surface area contributed by atoms with Crippen LogP contribution in [0, 0.1) is 0 Å². The Bertz CT molecular complexity index is 1480. The number of rotatable bonds is 9. The molecular formula is C21H22NaO12PS3. The van der Waals surface area contributed by atoms with E-state index >= 15 is 0 Å². The molecule has 0 saturated heterocycles. The minimum atomic E-state index is -4.81. The molecule has 0 aliphatic carbocycles. The van der Waals surface area contributed by atoms with E-state index in [4.69, 9.17) is 14.2 Å². The molecule has 3 rings (SSSR count). The second-order valence-corrected chi connectivity index (χ2v) is 13.5. The van der Waals surface area contributed by atoms with Crippen molar-refractivity contribution < 1.29 is 84.1 Å². The molecule has 17 heteroatoms. The van der Waals surface area contributed by atoms with Gasteiger partial charge in [-0.05, 0) is 26.1 Å². The summed E-state index contributed by atoms with van der Waals surface area (Å²) >= 11 is 0. The summed E-state index contributed by atoms with van der Waals surface area (Å²) in [5.74, 6) is -0.973. The van der Waals surface area contributed by atoms with Crippen LogP contribution in [0.25, 0.3) is 0 Å². The van der Waals surface area contributed by atoms with Gasteiger partial charge >= 0.3 is 29.6 Å². The number of benzene rings is 3. The molecule has 3 aromatic rings. The molecule has 0 bridgehead atoms. The number of para-hydroxylation sites is 3. The Morgan fingerprint density at radius 1 is 0.553 bits per heavy atom. The molecule has 12 nitrogen and oxygen atoms in total. The Hall–Kier alpha value is -1.78. The topological polar surface area (TPSA) is 191 Å². The first-order valence-corrected chi connectivity index (χ1v) is 15.6. The summed E-state index contributed by atoms with van der Waals surface area (Å²) in [5, 5.41) is 0.220. The van der Waals surface area contributed by atoms with E-state index in [2.05, 4.69) is 0 Å². The van der Waals surface area contributed by atoms with Crippen LogP contribution in [0.1, 0.15) is 1.43 Å². The van der Waals surface area contributed by atoms with Crippen LogP contribution in [0.15, 0.2) is 69.3 Å². The van der Waals surface area contributed by atoms with Gasteiger partial charge in [-0.3, -0.25) is 13.7 Å². The van der Waals surface area contributed by atoms with Crippen molar-refractivity contribution in [1.82, 2.24) is 0 Å². The monoisotopic (exact) mass is 616 g/mol. The maximum absolute atomic E-state index is 12.1. The maximum atomic E-state index is 12.1. The van der Waals surface area contributed by atoms with Gasteiger partial charge in [-0.15, -0.1) is 0 Å². The van der Waals surface area contributed by atoms with E-state index in [1.807, 2.05) is 0 Å². The van der Waals surface area contributed by atoms with Gasteiger partial charge in [0.05, 0.1) is 21.3 Å². The molecule has 0 radical (unpaired) electrons.